The molecule has 3 aromatic heterocycles. The number of anilines is 1. The highest BCUT2D eigenvalue weighted by molar-refractivity contribution is 5.71. The largest absolute Gasteiger partial charge is 0.368 e. The van der Waals surface area contributed by atoms with Gasteiger partial charge in [0.2, 0.25) is 5.95 Å². The first-order valence-electron chi connectivity index (χ1n) is 10.8. The maximum atomic E-state index is 13.7. The van der Waals surface area contributed by atoms with Crippen LogP contribution in [0.25, 0.3) is 16.9 Å². The highest BCUT2D eigenvalue weighted by Gasteiger charge is 2.23. The topological polar surface area (TPSA) is 103 Å². The van der Waals surface area contributed by atoms with Gasteiger partial charge in [-0.2, -0.15) is 4.52 Å². The zero-order valence-electron chi connectivity index (χ0n) is 18.5. The summed E-state index contributed by atoms with van der Waals surface area (Å²) in [6.45, 7) is 8.70. The Kier molecular flexibility index (Phi) is 5.09. The molecule has 0 spiro atoms. The summed E-state index contributed by atoms with van der Waals surface area (Å²) in [5.41, 5.74) is 11.2. The normalized spacial score (nSPS) is 14.4. The Morgan fingerprint density at radius 2 is 2.06 bits per heavy atom. The Bertz CT molecular complexity index is 1290. The Hall–Kier alpha value is -3.40. The second-order valence-corrected chi connectivity index (χ2v) is 8.51. The van der Waals surface area contributed by atoms with Crippen LogP contribution in [0.2, 0.25) is 0 Å². The first kappa shape index (κ1) is 20.5. The number of aryl methyl sites for hydroxylation is 1. The molecule has 0 fully saturated rings. The van der Waals surface area contributed by atoms with Crippen molar-refractivity contribution in [2.75, 3.05) is 18.8 Å². The van der Waals surface area contributed by atoms with E-state index in [-0.39, 0.29) is 11.8 Å². The molecule has 1 aliphatic heterocycles. The van der Waals surface area contributed by atoms with Crippen molar-refractivity contribution >= 4 is 11.6 Å². The second-order valence-electron chi connectivity index (χ2n) is 8.51. The molecular weight excluding hydrogens is 409 g/mol. The fourth-order valence-corrected chi connectivity index (χ4v) is 4.28. The summed E-state index contributed by atoms with van der Waals surface area (Å²) in [6, 6.07) is 6.64. The number of hydrogen-bond acceptors (Lipinski definition) is 7. The molecule has 0 unspecified atom stereocenters. The number of fused-ring (bicyclic) bond motifs is 2. The minimum atomic E-state index is -0.317. The van der Waals surface area contributed by atoms with Gasteiger partial charge in [-0.3, -0.25) is 4.90 Å². The molecule has 9 nitrogen and oxygen atoms in total. The molecule has 0 radical (unpaired) electrons. The highest BCUT2D eigenvalue weighted by atomic mass is 19.1. The maximum Gasteiger partial charge on any atom is 0.223 e. The number of nitrogens with two attached hydrogens (primary N) is 1. The molecule has 0 atom stereocenters. The zero-order chi connectivity index (χ0) is 22.4. The summed E-state index contributed by atoms with van der Waals surface area (Å²) >= 11 is 0. The van der Waals surface area contributed by atoms with Crippen molar-refractivity contribution in [3.63, 3.8) is 0 Å². The smallest absolute Gasteiger partial charge is 0.223 e. The number of hydrogen-bond donors (Lipinski definition) is 1. The van der Waals surface area contributed by atoms with E-state index in [0.29, 0.717) is 35.2 Å². The predicted molar refractivity (Wildman–Crippen MR) is 118 cm³/mol. The predicted octanol–water partition coefficient (Wildman–Crippen LogP) is 2.59. The summed E-state index contributed by atoms with van der Waals surface area (Å²) < 4.78 is 17.3. The zero-order valence-corrected chi connectivity index (χ0v) is 18.5. The van der Waals surface area contributed by atoms with Crippen molar-refractivity contribution in [2.45, 2.75) is 46.2 Å². The minimum Gasteiger partial charge on any atom is -0.368 e. The summed E-state index contributed by atoms with van der Waals surface area (Å²) in [5, 5.41) is 13.2. The van der Waals surface area contributed by atoms with Crippen molar-refractivity contribution in [3.8, 4) is 11.3 Å². The van der Waals surface area contributed by atoms with Crippen LogP contribution in [0.3, 0.4) is 0 Å². The van der Waals surface area contributed by atoms with E-state index in [2.05, 4.69) is 39.1 Å². The van der Waals surface area contributed by atoms with Gasteiger partial charge >= 0.3 is 0 Å². The molecule has 4 aromatic rings. The number of aromatic nitrogens is 7. The van der Waals surface area contributed by atoms with E-state index in [1.165, 1.54) is 17.8 Å². The number of nitrogens with zero attached hydrogens (tertiary/aromatic N) is 8. The molecule has 0 saturated carbocycles. The van der Waals surface area contributed by atoms with Gasteiger partial charge in [0, 0.05) is 49.6 Å². The van der Waals surface area contributed by atoms with Gasteiger partial charge in [0.1, 0.15) is 5.82 Å². The van der Waals surface area contributed by atoms with Crippen molar-refractivity contribution in [1.29, 1.82) is 0 Å². The Balaban J connectivity index is 1.35. The molecule has 166 valence electrons. The fourth-order valence-electron chi connectivity index (χ4n) is 4.28. The third-order valence-corrected chi connectivity index (χ3v) is 5.93. The van der Waals surface area contributed by atoms with Gasteiger partial charge in [-0.1, -0.05) is 17.3 Å². The molecule has 32 heavy (non-hydrogen) atoms. The second kappa shape index (κ2) is 7.94. The van der Waals surface area contributed by atoms with Gasteiger partial charge in [-0.25, -0.2) is 19.0 Å². The van der Waals surface area contributed by atoms with Gasteiger partial charge in [0.25, 0.3) is 0 Å². The van der Waals surface area contributed by atoms with E-state index in [1.54, 1.807) is 10.6 Å². The molecule has 1 aromatic carbocycles. The summed E-state index contributed by atoms with van der Waals surface area (Å²) in [6.07, 6.45) is 1.62. The van der Waals surface area contributed by atoms with Crippen molar-refractivity contribution in [2.24, 2.45) is 0 Å². The highest BCUT2D eigenvalue weighted by Crippen LogP contribution is 2.26. The molecule has 0 saturated heterocycles. The summed E-state index contributed by atoms with van der Waals surface area (Å²) in [4.78, 5) is 11.5. The lowest BCUT2D eigenvalue weighted by atomic mass is 10.1. The third-order valence-electron chi connectivity index (χ3n) is 5.93. The number of benzene rings is 1. The lowest BCUT2D eigenvalue weighted by molar-refractivity contribution is 0.249. The monoisotopic (exact) mass is 435 g/mol. The fraction of sp³-hybridized carbons (Fsp3) is 0.409. The lowest BCUT2D eigenvalue weighted by Gasteiger charge is -2.26. The Morgan fingerprint density at radius 1 is 1.22 bits per heavy atom. The van der Waals surface area contributed by atoms with Crippen LogP contribution >= 0.6 is 0 Å². The first-order valence-corrected chi connectivity index (χ1v) is 10.8. The molecule has 0 amide bonds. The van der Waals surface area contributed by atoms with Crippen LogP contribution in [-0.4, -0.2) is 52.6 Å². The van der Waals surface area contributed by atoms with E-state index >= 15 is 0 Å². The number of halogens is 1. The van der Waals surface area contributed by atoms with E-state index in [1.807, 2.05) is 17.7 Å². The van der Waals surface area contributed by atoms with E-state index < -0.39 is 0 Å². The third kappa shape index (κ3) is 3.60. The maximum absolute atomic E-state index is 13.7. The quantitative estimate of drug-likeness (QED) is 0.514. The Labute approximate surface area is 185 Å². The average Bonchev–Trinajstić information content (AvgIpc) is 3.39. The Morgan fingerprint density at radius 3 is 2.84 bits per heavy atom. The van der Waals surface area contributed by atoms with Crippen LogP contribution in [0.1, 0.15) is 42.7 Å². The van der Waals surface area contributed by atoms with Gasteiger partial charge in [0.05, 0.1) is 17.1 Å². The SMILES string of the molecule is Cc1c(-c2cccc(F)c2)nc(N)n2nc(CCN3CCc4c(nnn4C(C)C)C3)nc12. The van der Waals surface area contributed by atoms with Crippen LogP contribution in [0.5, 0.6) is 0 Å². The molecular formula is C22H26FN9. The number of nitrogen functional groups attached to an aromatic ring is 1. The molecule has 2 N–H and O–H groups in total. The van der Waals surface area contributed by atoms with Crippen LogP contribution in [0.4, 0.5) is 10.3 Å². The summed E-state index contributed by atoms with van der Waals surface area (Å²) in [7, 11) is 0. The first-order chi connectivity index (χ1) is 15.4. The standard InChI is InChI=1S/C22H26FN9/c1-13(2)31-18-7-9-30(12-17(18)27-29-31)10-8-19-25-21-14(3)20(26-22(24)32(21)28-19)15-5-4-6-16(23)11-15/h4-6,11,13H,7-10,12H2,1-3H3,(H2,24,26). The van der Waals surface area contributed by atoms with E-state index in [0.717, 1.165) is 37.3 Å². The molecule has 10 heteroatoms. The van der Waals surface area contributed by atoms with Gasteiger partial charge in [-0.15, -0.1) is 10.2 Å². The van der Waals surface area contributed by atoms with E-state index in [4.69, 9.17) is 10.7 Å². The van der Waals surface area contributed by atoms with Gasteiger partial charge in [-0.05, 0) is 32.9 Å². The molecule has 0 bridgehead atoms. The average molecular weight is 436 g/mol. The van der Waals surface area contributed by atoms with Gasteiger partial charge < -0.3 is 5.73 Å². The molecule has 1 aliphatic rings. The number of rotatable bonds is 5. The molecule has 4 heterocycles. The molecule has 5 rings (SSSR count). The molecule has 0 aliphatic carbocycles. The lowest BCUT2D eigenvalue weighted by Crippen LogP contribution is -2.33. The van der Waals surface area contributed by atoms with Crippen LogP contribution in [0.15, 0.2) is 24.3 Å². The van der Waals surface area contributed by atoms with Crippen molar-refractivity contribution in [3.05, 3.63) is 52.9 Å². The van der Waals surface area contributed by atoms with Crippen molar-refractivity contribution in [1.82, 2.24) is 39.5 Å². The van der Waals surface area contributed by atoms with Crippen LogP contribution in [-0.2, 0) is 19.4 Å². The van der Waals surface area contributed by atoms with Crippen LogP contribution < -0.4 is 5.73 Å². The van der Waals surface area contributed by atoms with E-state index in [9.17, 15) is 4.39 Å². The summed E-state index contributed by atoms with van der Waals surface area (Å²) in [5.74, 6) is 0.619. The van der Waals surface area contributed by atoms with Crippen molar-refractivity contribution < 1.29 is 4.39 Å². The van der Waals surface area contributed by atoms with Gasteiger partial charge in [0.15, 0.2) is 11.5 Å². The minimum absolute atomic E-state index is 0.233. The van der Waals surface area contributed by atoms with Crippen LogP contribution in [0, 0.1) is 12.7 Å².